The van der Waals surface area contributed by atoms with Crippen LogP contribution in [0.25, 0.3) is 11.3 Å². The number of esters is 1. The van der Waals surface area contributed by atoms with Gasteiger partial charge in [-0.15, -0.1) is 5.10 Å². The third-order valence-electron chi connectivity index (χ3n) is 12.1. The molecule has 0 unspecified atom stereocenters. The Balaban J connectivity index is 1.47. The summed E-state index contributed by atoms with van der Waals surface area (Å²) in [6.07, 6.45) is 3.68. The number of hydrogen-bond acceptors (Lipinski definition) is 10. The molecule has 12 nitrogen and oxygen atoms in total. The molecular weight excluding hydrogens is 763 g/mol. The van der Waals surface area contributed by atoms with E-state index >= 15 is 0 Å². The maximum Gasteiger partial charge on any atom is 0.410 e. The lowest BCUT2D eigenvalue weighted by atomic mass is 9.62. The van der Waals surface area contributed by atoms with Crippen molar-refractivity contribution in [2.75, 3.05) is 25.9 Å². The van der Waals surface area contributed by atoms with E-state index in [0.29, 0.717) is 51.0 Å². The minimum absolute atomic E-state index is 0.139. The minimum Gasteiger partial charge on any atom is -0.458 e. The van der Waals surface area contributed by atoms with Gasteiger partial charge in [0.25, 0.3) is 0 Å². The van der Waals surface area contributed by atoms with E-state index in [2.05, 4.69) is 50.6 Å². The molecule has 2 aliphatic rings. The lowest BCUT2D eigenvalue weighted by Gasteiger charge is -2.42. The van der Waals surface area contributed by atoms with Gasteiger partial charge in [-0.25, -0.2) is 4.79 Å². The Bertz CT molecular complexity index is 1810. The predicted octanol–water partition coefficient (Wildman–Crippen LogP) is 5.88. The first kappa shape index (κ1) is 42.4. The Labute approximate surface area is 335 Å². The summed E-state index contributed by atoms with van der Waals surface area (Å²) < 4.78 is 21.5. The maximum atomic E-state index is 14.1. The van der Waals surface area contributed by atoms with Crippen LogP contribution < -0.4 is 11.1 Å². The number of nitrogen functional groups attached to an aromatic ring is 1. The number of rotatable bonds is 10. The summed E-state index contributed by atoms with van der Waals surface area (Å²) in [5.41, 5.74) is 7.50. The monoisotopic (exact) mass is 820 g/mol. The number of nitrogens with zero attached hydrogens (tertiary/aromatic N) is 4. The molecule has 0 spiro atoms. The van der Waals surface area contributed by atoms with Crippen LogP contribution in [0.5, 0.6) is 0 Å². The molecule has 3 aromatic rings. The third-order valence-corrected chi connectivity index (χ3v) is 12.6. The number of hydrogen-bond donors (Lipinski definition) is 2. The van der Waals surface area contributed by atoms with Crippen molar-refractivity contribution in [3.63, 3.8) is 0 Å². The summed E-state index contributed by atoms with van der Waals surface area (Å²) in [4.78, 5) is 43.6. The van der Waals surface area contributed by atoms with E-state index in [9.17, 15) is 14.4 Å². The van der Waals surface area contributed by atoms with Gasteiger partial charge in [0, 0.05) is 47.9 Å². The van der Waals surface area contributed by atoms with Crippen molar-refractivity contribution in [1.82, 2.24) is 25.2 Å². The first-order chi connectivity index (χ1) is 26.1. The number of nitrogens with one attached hydrogen (secondary N) is 1. The number of aryl methyl sites for hydroxylation is 1. The van der Waals surface area contributed by atoms with Gasteiger partial charge in [0.15, 0.2) is 5.60 Å². The fourth-order valence-corrected chi connectivity index (χ4v) is 8.99. The quantitative estimate of drug-likeness (QED) is 0.0835. The third kappa shape index (κ3) is 9.63. The molecule has 0 aliphatic carbocycles. The van der Waals surface area contributed by atoms with Gasteiger partial charge in [-0.3, -0.25) is 19.2 Å². The topological polar surface area (TPSA) is 151 Å². The minimum atomic E-state index is -1.23. The summed E-state index contributed by atoms with van der Waals surface area (Å²) in [7, 11) is 3.71. The van der Waals surface area contributed by atoms with Crippen molar-refractivity contribution in [2.45, 2.75) is 115 Å². The van der Waals surface area contributed by atoms with Crippen LogP contribution in [-0.4, -0.2) is 95.2 Å². The lowest BCUT2D eigenvalue weighted by molar-refractivity contribution is -0.170. The van der Waals surface area contributed by atoms with E-state index in [1.54, 1.807) is 18.7 Å². The molecule has 9 atom stereocenters. The number of halogens is 1. The number of carbonyl (C=O) groups excluding carboxylic acids is 3. The van der Waals surface area contributed by atoms with E-state index in [0.717, 1.165) is 27.7 Å². The lowest BCUT2D eigenvalue weighted by Crippen LogP contribution is -2.62. The van der Waals surface area contributed by atoms with Gasteiger partial charge in [0.05, 0.1) is 17.8 Å². The zero-order valence-corrected chi connectivity index (χ0v) is 35.2. The molecule has 3 heterocycles. The average molecular weight is 822 g/mol. The zero-order valence-electron chi connectivity index (χ0n) is 33.6. The van der Waals surface area contributed by atoms with Crippen molar-refractivity contribution in [3.05, 3.63) is 64.8 Å². The average Bonchev–Trinajstić information content (AvgIpc) is 3.73. The van der Waals surface area contributed by atoms with E-state index in [1.807, 2.05) is 83.0 Å². The number of unbranched alkanes of at least 4 members (excludes halogenated alkanes) is 1. The van der Waals surface area contributed by atoms with Crippen LogP contribution in [0.2, 0.25) is 5.82 Å². The summed E-state index contributed by atoms with van der Waals surface area (Å²) in [5.74, 6) is -2.29. The highest BCUT2D eigenvalue weighted by Crippen LogP contribution is 2.41. The fourth-order valence-electron chi connectivity index (χ4n) is 8.55. The highest BCUT2D eigenvalue weighted by molar-refractivity contribution is 9.10. The Morgan fingerprint density at radius 1 is 1.07 bits per heavy atom. The van der Waals surface area contributed by atoms with Crippen molar-refractivity contribution >= 4 is 47.3 Å². The molecule has 0 bridgehead atoms. The van der Waals surface area contributed by atoms with E-state index in [1.165, 1.54) is 0 Å². The molecule has 0 saturated carbocycles. The number of cyclic esters (lactones) is 1. The van der Waals surface area contributed by atoms with Crippen LogP contribution in [0, 0.1) is 17.8 Å². The molecule has 2 saturated heterocycles. The molecule has 0 radical (unpaired) electrons. The van der Waals surface area contributed by atoms with Crippen molar-refractivity contribution < 1.29 is 28.6 Å². The fraction of sp³-hybridized carbons (Fsp3) is 0.585. The van der Waals surface area contributed by atoms with Crippen LogP contribution in [-0.2, 0) is 36.8 Å². The highest BCUT2D eigenvalue weighted by atomic mass is 79.9. The molecule has 2 fully saturated rings. The Kier molecular flexibility index (Phi) is 13.9. The van der Waals surface area contributed by atoms with Crippen LogP contribution in [0.3, 0.4) is 0 Å². The SMILES string of the molecule is B[C@@H]1[C@@H](C)C(=O)[C@@H](C)C(=O)O[C@H](CC)[C@@]2(C)OC(=O)N(CCCCn3cc(-c4cccc(N)c4)nn3)[C@@H]2[C@@H](Cc2cccc(Br)c2)NC[C@H](C)C[C@@]1(C)OC. The molecule has 3 N–H and O–H groups in total. The van der Waals surface area contributed by atoms with Gasteiger partial charge >= 0.3 is 12.1 Å². The van der Waals surface area contributed by atoms with Gasteiger partial charge in [0.1, 0.15) is 31.3 Å². The first-order valence-electron chi connectivity index (χ1n) is 19.6. The standard InChI is InChI=1S/C41H58BBrN6O6/c1-8-34-41(6)37(49(39(52)55-41)18-10-9-17-48-24-33(46-47-48)29-14-12-16-31(44)21-29)32(20-28-13-11-15-30(43)19-28)45-23-25(2)22-40(5,53-7)36(42)26(3)35(50)27(4)38(51)54-34/h11-16,19,21,24-27,32,34,36-37,45H,8-10,17-18,20,22-23,42,44H2,1-7H3/t25-,26+,27-,32-,34-,36-,37-,40-,41-/m1/s1. The number of ether oxygens (including phenoxy) is 3. The number of aromatic nitrogens is 3. The van der Waals surface area contributed by atoms with Crippen molar-refractivity contribution in [3.8, 4) is 11.3 Å². The first-order valence-corrected chi connectivity index (χ1v) is 20.4. The number of Topliss-reactive ketones (excluding diaryl/α,β-unsaturated/α-hetero) is 1. The van der Waals surface area contributed by atoms with Gasteiger partial charge < -0.3 is 25.3 Å². The summed E-state index contributed by atoms with van der Waals surface area (Å²) >= 11 is 3.64. The molecule has 55 heavy (non-hydrogen) atoms. The number of fused-ring (bicyclic) bond motifs is 1. The Hall–Kier alpha value is -3.75. The second kappa shape index (κ2) is 18.0. The van der Waals surface area contributed by atoms with E-state index in [4.69, 9.17) is 19.9 Å². The molecule has 1 amide bonds. The molecular formula is C41H58BBrN6O6. The van der Waals surface area contributed by atoms with Gasteiger partial charge in [0.2, 0.25) is 0 Å². The normalized spacial score (nSPS) is 30.9. The Morgan fingerprint density at radius 2 is 1.80 bits per heavy atom. The number of anilines is 1. The highest BCUT2D eigenvalue weighted by Gasteiger charge is 2.59. The number of carbonyl (C=O) groups is 3. The Morgan fingerprint density at radius 3 is 2.49 bits per heavy atom. The molecule has 2 aliphatic heterocycles. The smallest absolute Gasteiger partial charge is 0.410 e. The molecule has 2 aromatic carbocycles. The maximum absolute atomic E-state index is 14.1. The molecule has 5 rings (SSSR count). The van der Waals surface area contributed by atoms with Crippen molar-refractivity contribution in [1.29, 1.82) is 0 Å². The molecule has 14 heteroatoms. The molecule has 298 valence electrons. The van der Waals surface area contributed by atoms with Crippen LogP contribution >= 0.6 is 15.9 Å². The summed E-state index contributed by atoms with van der Waals surface area (Å²) in [5, 5.41) is 12.5. The van der Waals surface area contributed by atoms with Gasteiger partial charge in [-0.1, -0.05) is 66.2 Å². The van der Waals surface area contributed by atoms with Gasteiger partial charge in [-0.2, -0.15) is 0 Å². The molecule has 1 aromatic heterocycles. The number of ketones is 1. The van der Waals surface area contributed by atoms with Crippen LogP contribution in [0.15, 0.2) is 59.2 Å². The van der Waals surface area contributed by atoms with Crippen molar-refractivity contribution in [2.24, 2.45) is 17.8 Å². The number of methoxy groups -OCH3 is 1. The van der Waals surface area contributed by atoms with Crippen LogP contribution in [0.1, 0.15) is 72.8 Å². The largest absolute Gasteiger partial charge is 0.458 e. The van der Waals surface area contributed by atoms with E-state index in [-0.39, 0.29) is 23.6 Å². The number of amides is 1. The summed E-state index contributed by atoms with van der Waals surface area (Å²) in [6.45, 7) is 13.1. The second-order valence-corrected chi connectivity index (χ2v) is 17.0. The second-order valence-electron chi connectivity index (χ2n) is 16.1. The van der Waals surface area contributed by atoms with Crippen LogP contribution in [0.4, 0.5) is 10.5 Å². The number of nitrogens with two attached hydrogens (primary N) is 1. The predicted molar refractivity (Wildman–Crippen MR) is 219 cm³/mol. The van der Waals surface area contributed by atoms with E-state index < -0.39 is 47.2 Å². The zero-order chi connectivity index (χ0) is 40.1. The summed E-state index contributed by atoms with van der Waals surface area (Å²) in [6, 6.07) is 14.9. The number of benzene rings is 2. The van der Waals surface area contributed by atoms with Gasteiger partial charge in [-0.05, 0) is 101 Å².